The van der Waals surface area contributed by atoms with Gasteiger partial charge < -0.3 is 14.9 Å². The van der Waals surface area contributed by atoms with Crippen LogP contribution in [0.25, 0.3) is 0 Å². The van der Waals surface area contributed by atoms with Gasteiger partial charge in [0.2, 0.25) is 5.79 Å². The van der Waals surface area contributed by atoms with Gasteiger partial charge >= 0.3 is 5.97 Å². The monoisotopic (exact) mass is 224 g/mol. The van der Waals surface area contributed by atoms with E-state index in [1.807, 2.05) is 6.92 Å². The minimum Gasteiger partial charge on any atom is -0.481 e. The summed E-state index contributed by atoms with van der Waals surface area (Å²) < 4.78 is 5.25. The molecule has 88 valence electrons. The number of ether oxygens (including phenoxy) is 1. The van der Waals surface area contributed by atoms with Crippen LogP contribution in [0, 0.1) is 0 Å². The van der Waals surface area contributed by atoms with Gasteiger partial charge in [0.15, 0.2) is 0 Å². The zero-order chi connectivity index (χ0) is 12.0. The van der Waals surface area contributed by atoms with Crippen molar-refractivity contribution in [2.75, 3.05) is 6.61 Å². The molecule has 0 bridgehead atoms. The lowest BCUT2D eigenvalue weighted by atomic mass is 10.0. The van der Waals surface area contributed by atoms with Crippen molar-refractivity contribution >= 4 is 5.97 Å². The zero-order valence-electron chi connectivity index (χ0n) is 9.22. The van der Waals surface area contributed by atoms with Gasteiger partial charge in [0.05, 0.1) is 6.61 Å². The Bertz CT molecular complexity index is 336. The second-order valence-corrected chi connectivity index (χ2v) is 3.57. The molecule has 0 fully saturated rings. The zero-order valence-corrected chi connectivity index (χ0v) is 9.22. The molecule has 1 aromatic rings. The molecule has 1 atom stereocenters. The third-order valence-corrected chi connectivity index (χ3v) is 2.16. The number of hydrogen-bond acceptors (Lipinski definition) is 3. The third kappa shape index (κ3) is 3.32. The minimum absolute atomic E-state index is 0.318. The van der Waals surface area contributed by atoms with Crippen molar-refractivity contribution in [2.24, 2.45) is 0 Å². The summed E-state index contributed by atoms with van der Waals surface area (Å²) in [5.41, 5.74) is 0.464. The Morgan fingerprint density at radius 3 is 2.50 bits per heavy atom. The highest BCUT2D eigenvalue weighted by atomic mass is 16.6. The van der Waals surface area contributed by atoms with Crippen LogP contribution in [-0.2, 0) is 15.3 Å². The lowest BCUT2D eigenvalue weighted by Crippen LogP contribution is -2.32. The van der Waals surface area contributed by atoms with E-state index in [4.69, 9.17) is 9.84 Å². The average Bonchev–Trinajstić information content (AvgIpc) is 2.27. The molecule has 0 radical (unpaired) electrons. The van der Waals surface area contributed by atoms with Gasteiger partial charge in [0.25, 0.3) is 0 Å². The number of benzene rings is 1. The molecule has 2 N–H and O–H groups in total. The molecule has 0 aromatic heterocycles. The Morgan fingerprint density at radius 1 is 1.38 bits per heavy atom. The topological polar surface area (TPSA) is 66.8 Å². The van der Waals surface area contributed by atoms with Gasteiger partial charge in [0, 0.05) is 5.56 Å². The van der Waals surface area contributed by atoms with Gasteiger partial charge in [-0.15, -0.1) is 0 Å². The fourth-order valence-electron chi connectivity index (χ4n) is 1.41. The molecule has 1 unspecified atom stereocenters. The van der Waals surface area contributed by atoms with E-state index in [1.165, 1.54) is 0 Å². The molecule has 1 rings (SSSR count). The molecule has 0 aliphatic carbocycles. The molecule has 0 amide bonds. The molecule has 0 saturated carbocycles. The number of carboxylic acids is 1. The van der Waals surface area contributed by atoms with Crippen LogP contribution in [0.2, 0.25) is 0 Å². The van der Waals surface area contributed by atoms with Crippen molar-refractivity contribution in [3.63, 3.8) is 0 Å². The van der Waals surface area contributed by atoms with Crippen molar-refractivity contribution in [2.45, 2.75) is 25.6 Å². The van der Waals surface area contributed by atoms with E-state index in [9.17, 15) is 9.90 Å². The van der Waals surface area contributed by atoms with E-state index in [0.717, 1.165) is 6.42 Å². The normalized spacial score (nSPS) is 14.4. The van der Waals surface area contributed by atoms with Gasteiger partial charge in [-0.05, 0) is 6.42 Å². The fraction of sp³-hybridized carbons (Fsp3) is 0.417. The second-order valence-electron chi connectivity index (χ2n) is 3.57. The van der Waals surface area contributed by atoms with Crippen molar-refractivity contribution in [1.82, 2.24) is 0 Å². The number of aliphatic hydroxyl groups is 1. The van der Waals surface area contributed by atoms with Crippen molar-refractivity contribution in [3.8, 4) is 0 Å². The fourth-order valence-corrected chi connectivity index (χ4v) is 1.41. The molecule has 0 aliphatic rings. The predicted molar refractivity (Wildman–Crippen MR) is 58.8 cm³/mol. The van der Waals surface area contributed by atoms with Crippen LogP contribution >= 0.6 is 0 Å². The molecule has 0 aliphatic heterocycles. The van der Waals surface area contributed by atoms with Crippen LogP contribution in [0.3, 0.4) is 0 Å². The summed E-state index contributed by atoms with van der Waals surface area (Å²) in [4.78, 5) is 10.7. The van der Waals surface area contributed by atoms with Gasteiger partial charge in [-0.3, -0.25) is 4.79 Å². The SMILES string of the molecule is CCCOC(O)(CC(=O)O)c1ccccc1. The number of aliphatic carboxylic acids is 1. The molecular formula is C12H16O4. The second kappa shape index (κ2) is 5.63. The summed E-state index contributed by atoms with van der Waals surface area (Å²) >= 11 is 0. The Kier molecular flexibility index (Phi) is 4.46. The maximum Gasteiger partial charge on any atom is 0.309 e. The first-order valence-electron chi connectivity index (χ1n) is 5.22. The highest BCUT2D eigenvalue weighted by molar-refractivity contribution is 5.68. The molecule has 0 saturated heterocycles. The van der Waals surface area contributed by atoms with E-state index in [2.05, 4.69) is 0 Å². The Balaban J connectivity index is 2.90. The standard InChI is InChI=1S/C12H16O4/c1-2-8-16-12(15,9-11(13)14)10-6-4-3-5-7-10/h3-7,15H,2,8-9H2,1H3,(H,13,14). The molecule has 4 heteroatoms. The van der Waals surface area contributed by atoms with E-state index in [1.54, 1.807) is 30.3 Å². The Morgan fingerprint density at radius 2 is 2.00 bits per heavy atom. The lowest BCUT2D eigenvalue weighted by molar-refractivity contribution is -0.220. The summed E-state index contributed by atoms with van der Waals surface area (Å²) in [6.45, 7) is 2.21. The molecule has 16 heavy (non-hydrogen) atoms. The maximum absolute atomic E-state index is 10.7. The van der Waals surface area contributed by atoms with E-state index < -0.39 is 18.2 Å². The summed E-state index contributed by atoms with van der Waals surface area (Å²) in [6.07, 6.45) is 0.256. The number of hydrogen-bond donors (Lipinski definition) is 2. The van der Waals surface area contributed by atoms with Crippen molar-refractivity contribution in [1.29, 1.82) is 0 Å². The minimum atomic E-state index is -1.73. The first-order valence-corrected chi connectivity index (χ1v) is 5.22. The largest absolute Gasteiger partial charge is 0.481 e. The Labute approximate surface area is 94.5 Å². The Hall–Kier alpha value is -1.39. The molecule has 4 nitrogen and oxygen atoms in total. The summed E-state index contributed by atoms with van der Waals surface area (Å²) in [5.74, 6) is -2.83. The van der Waals surface area contributed by atoms with Crippen LogP contribution in [0.4, 0.5) is 0 Å². The van der Waals surface area contributed by atoms with E-state index in [-0.39, 0.29) is 0 Å². The molecule has 0 spiro atoms. The van der Waals surface area contributed by atoms with Crippen molar-refractivity contribution < 1.29 is 19.7 Å². The highest BCUT2D eigenvalue weighted by Gasteiger charge is 2.32. The highest BCUT2D eigenvalue weighted by Crippen LogP contribution is 2.26. The third-order valence-electron chi connectivity index (χ3n) is 2.16. The van der Waals surface area contributed by atoms with Gasteiger partial charge in [0.1, 0.15) is 6.42 Å². The van der Waals surface area contributed by atoms with Crippen LogP contribution < -0.4 is 0 Å². The predicted octanol–water partition coefficient (Wildman–Crippen LogP) is 1.73. The van der Waals surface area contributed by atoms with Crippen LogP contribution in [-0.4, -0.2) is 22.8 Å². The first kappa shape index (κ1) is 12.7. The van der Waals surface area contributed by atoms with Crippen LogP contribution in [0.15, 0.2) is 30.3 Å². The summed E-state index contributed by atoms with van der Waals surface area (Å²) in [5, 5.41) is 19.0. The van der Waals surface area contributed by atoms with Crippen molar-refractivity contribution in [3.05, 3.63) is 35.9 Å². The van der Waals surface area contributed by atoms with Gasteiger partial charge in [-0.1, -0.05) is 37.3 Å². The number of carboxylic acid groups (broad SMARTS) is 1. The van der Waals surface area contributed by atoms with E-state index in [0.29, 0.717) is 12.2 Å². The number of rotatable bonds is 6. The van der Waals surface area contributed by atoms with Gasteiger partial charge in [-0.2, -0.15) is 0 Å². The average molecular weight is 224 g/mol. The molecule has 0 heterocycles. The molecule has 1 aromatic carbocycles. The van der Waals surface area contributed by atoms with Crippen LogP contribution in [0.5, 0.6) is 0 Å². The molecular weight excluding hydrogens is 208 g/mol. The quantitative estimate of drug-likeness (QED) is 0.722. The smallest absolute Gasteiger partial charge is 0.309 e. The maximum atomic E-state index is 10.7. The van der Waals surface area contributed by atoms with Gasteiger partial charge in [-0.25, -0.2) is 0 Å². The summed E-state index contributed by atoms with van der Waals surface area (Å²) in [6, 6.07) is 8.57. The number of carbonyl (C=O) groups is 1. The van der Waals surface area contributed by atoms with E-state index >= 15 is 0 Å². The van der Waals surface area contributed by atoms with Crippen LogP contribution in [0.1, 0.15) is 25.3 Å². The first-order chi connectivity index (χ1) is 7.58. The lowest BCUT2D eigenvalue weighted by Gasteiger charge is -2.27. The summed E-state index contributed by atoms with van der Waals surface area (Å²) in [7, 11) is 0.